The fourth-order valence-corrected chi connectivity index (χ4v) is 3.54. The number of pyridine rings is 1. The molecule has 3 rings (SSSR count). The molecule has 0 radical (unpaired) electrons. The molecule has 0 aliphatic carbocycles. The molecule has 0 N–H and O–H groups in total. The average Bonchev–Trinajstić information content (AvgIpc) is 3.02. The lowest BCUT2D eigenvalue weighted by Gasteiger charge is -2.22. The largest absolute Gasteiger partial charge is 0.357 e. The Balaban J connectivity index is 2.16. The number of hydrogen-bond donors (Lipinski definition) is 0. The maximum atomic E-state index is 4.83. The van der Waals surface area contributed by atoms with Crippen LogP contribution in [0, 0.1) is 20.8 Å². The Bertz CT molecular complexity index is 1030. The zero-order valence-electron chi connectivity index (χ0n) is 18.6. The molecule has 7 heteroatoms. The van der Waals surface area contributed by atoms with E-state index in [-0.39, 0.29) is 0 Å². The predicted octanol–water partition coefficient (Wildman–Crippen LogP) is 4.39. The van der Waals surface area contributed by atoms with Gasteiger partial charge in [0.15, 0.2) is 5.65 Å². The summed E-state index contributed by atoms with van der Waals surface area (Å²) in [5.41, 5.74) is 6.69. The highest BCUT2D eigenvalue weighted by atomic mass is 15.4. The summed E-state index contributed by atoms with van der Waals surface area (Å²) in [6.07, 6.45) is 4.65. The van der Waals surface area contributed by atoms with E-state index in [4.69, 9.17) is 15.1 Å². The first kappa shape index (κ1) is 20.8. The van der Waals surface area contributed by atoms with Gasteiger partial charge in [-0.3, -0.25) is 9.99 Å². The Labute approximate surface area is 173 Å². The fourth-order valence-electron chi connectivity index (χ4n) is 3.54. The van der Waals surface area contributed by atoms with E-state index in [1.807, 2.05) is 42.8 Å². The number of nitrogens with zero attached hydrogens (tertiary/aromatic N) is 7. The molecule has 0 atom stereocenters. The van der Waals surface area contributed by atoms with Crippen LogP contribution in [-0.4, -0.2) is 45.9 Å². The third-order valence-electron chi connectivity index (χ3n) is 5.07. The number of hydrazone groups is 1. The van der Waals surface area contributed by atoms with Gasteiger partial charge in [-0.1, -0.05) is 6.92 Å². The van der Waals surface area contributed by atoms with Gasteiger partial charge in [0.05, 0.1) is 28.8 Å². The number of hydrogen-bond acceptors (Lipinski definition) is 6. The molecule has 0 amide bonds. The zero-order valence-corrected chi connectivity index (χ0v) is 18.6. The molecule has 0 bridgehead atoms. The summed E-state index contributed by atoms with van der Waals surface area (Å²) in [6.45, 7) is 14.3. The van der Waals surface area contributed by atoms with Crippen LogP contribution >= 0.6 is 0 Å². The maximum absolute atomic E-state index is 4.83. The van der Waals surface area contributed by atoms with E-state index in [1.54, 1.807) is 0 Å². The first-order valence-electron chi connectivity index (χ1n) is 10.3. The summed E-state index contributed by atoms with van der Waals surface area (Å²) in [5.74, 6) is 1.06. The van der Waals surface area contributed by atoms with Crippen molar-refractivity contribution >= 4 is 23.4 Å². The SMILES string of the molecule is CC/C=N\N(C)c1cnc(-c2c(C)nn3c(N(CC)CC)cc(C)nc23)c(C)c1. The van der Waals surface area contributed by atoms with Gasteiger partial charge in [0.25, 0.3) is 0 Å². The van der Waals surface area contributed by atoms with Crippen LogP contribution in [-0.2, 0) is 0 Å². The van der Waals surface area contributed by atoms with Gasteiger partial charge >= 0.3 is 0 Å². The second-order valence-corrected chi connectivity index (χ2v) is 7.21. The van der Waals surface area contributed by atoms with Crippen LogP contribution in [0.5, 0.6) is 0 Å². The Kier molecular flexibility index (Phi) is 6.15. The number of aryl methyl sites for hydroxylation is 3. The first-order chi connectivity index (χ1) is 13.9. The lowest BCUT2D eigenvalue weighted by molar-refractivity contribution is 0.792. The van der Waals surface area contributed by atoms with Crippen LogP contribution in [0.2, 0.25) is 0 Å². The van der Waals surface area contributed by atoms with Gasteiger partial charge in [-0.25, -0.2) is 4.98 Å². The molecule has 29 heavy (non-hydrogen) atoms. The van der Waals surface area contributed by atoms with Gasteiger partial charge in [0, 0.05) is 38.1 Å². The van der Waals surface area contributed by atoms with Gasteiger partial charge in [0.2, 0.25) is 0 Å². The Morgan fingerprint density at radius 3 is 2.45 bits per heavy atom. The summed E-state index contributed by atoms with van der Waals surface area (Å²) in [4.78, 5) is 11.9. The monoisotopic (exact) mass is 393 g/mol. The smallest absolute Gasteiger partial charge is 0.167 e. The molecule has 7 nitrogen and oxygen atoms in total. The number of aromatic nitrogens is 4. The van der Waals surface area contributed by atoms with Crippen LogP contribution in [0.25, 0.3) is 16.9 Å². The number of rotatable bonds is 7. The van der Waals surface area contributed by atoms with E-state index in [2.05, 4.69) is 49.8 Å². The lowest BCUT2D eigenvalue weighted by Crippen LogP contribution is -2.25. The Hall–Kier alpha value is -2.96. The lowest BCUT2D eigenvalue weighted by atomic mass is 10.1. The van der Waals surface area contributed by atoms with Crippen molar-refractivity contribution in [3.8, 4) is 11.3 Å². The average molecular weight is 394 g/mol. The quantitative estimate of drug-likeness (QED) is 0.440. The normalized spacial score (nSPS) is 11.6. The minimum Gasteiger partial charge on any atom is -0.357 e. The van der Waals surface area contributed by atoms with Gasteiger partial charge in [-0.05, 0) is 52.7 Å². The van der Waals surface area contributed by atoms with E-state index < -0.39 is 0 Å². The standard InChI is InChI=1S/C22H31N7/c1-8-11-24-27(7)18-12-15(4)21(23-14-18)20-17(6)26-29-19(28(9-2)10-3)13-16(5)25-22(20)29/h11-14H,8-10H2,1-7H3/b24-11-. The highest BCUT2D eigenvalue weighted by Crippen LogP contribution is 2.32. The van der Waals surface area contributed by atoms with Crippen LogP contribution in [0.3, 0.4) is 0 Å². The van der Waals surface area contributed by atoms with Crippen molar-refractivity contribution in [2.45, 2.75) is 48.0 Å². The molecule has 3 aromatic rings. The van der Waals surface area contributed by atoms with E-state index in [0.29, 0.717) is 0 Å². The molecule has 3 aromatic heterocycles. The molecule has 0 fully saturated rings. The molecule has 0 aromatic carbocycles. The van der Waals surface area contributed by atoms with Crippen LogP contribution in [0.15, 0.2) is 23.4 Å². The maximum Gasteiger partial charge on any atom is 0.167 e. The third-order valence-corrected chi connectivity index (χ3v) is 5.07. The highest BCUT2D eigenvalue weighted by molar-refractivity contribution is 5.81. The van der Waals surface area contributed by atoms with Crippen molar-refractivity contribution in [1.29, 1.82) is 0 Å². The van der Waals surface area contributed by atoms with E-state index >= 15 is 0 Å². The molecule has 154 valence electrons. The first-order valence-corrected chi connectivity index (χ1v) is 10.3. The molecular weight excluding hydrogens is 362 g/mol. The van der Waals surface area contributed by atoms with Crippen molar-refractivity contribution < 1.29 is 0 Å². The summed E-state index contributed by atoms with van der Waals surface area (Å²) < 4.78 is 1.96. The second kappa shape index (κ2) is 8.59. The Morgan fingerprint density at radius 2 is 1.83 bits per heavy atom. The summed E-state index contributed by atoms with van der Waals surface area (Å²) in [7, 11) is 1.93. The highest BCUT2D eigenvalue weighted by Gasteiger charge is 2.20. The van der Waals surface area contributed by atoms with E-state index in [9.17, 15) is 0 Å². The molecule has 0 spiro atoms. The second-order valence-electron chi connectivity index (χ2n) is 7.21. The summed E-state index contributed by atoms with van der Waals surface area (Å²) in [5, 5.41) is 11.1. The molecule has 0 aliphatic heterocycles. The molecule has 0 saturated carbocycles. The van der Waals surface area contributed by atoms with Crippen molar-refractivity contribution in [2.75, 3.05) is 30.0 Å². The predicted molar refractivity (Wildman–Crippen MR) is 121 cm³/mol. The number of fused-ring (bicyclic) bond motifs is 1. The molecule has 0 aliphatic rings. The third kappa shape index (κ3) is 3.95. The van der Waals surface area contributed by atoms with Gasteiger partial charge in [0.1, 0.15) is 5.82 Å². The topological polar surface area (TPSA) is 61.9 Å². The summed E-state index contributed by atoms with van der Waals surface area (Å²) in [6, 6.07) is 4.21. The minimum atomic E-state index is 0.852. The van der Waals surface area contributed by atoms with Crippen LogP contribution in [0.4, 0.5) is 11.5 Å². The number of anilines is 2. The van der Waals surface area contributed by atoms with Crippen molar-refractivity contribution in [1.82, 2.24) is 19.6 Å². The van der Waals surface area contributed by atoms with Gasteiger partial charge < -0.3 is 4.90 Å². The summed E-state index contributed by atoms with van der Waals surface area (Å²) >= 11 is 0. The van der Waals surface area contributed by atoms with Crippen LogP contribution < -0.4 is 9.91 Å². The van der Waals surface area contributed by atoms with E-state index in [1.165, 1.54) is 0 Å². The fraction of sp³-hybridized carbons (Fsp3) is 0.455. The Morgan fingerprint density at radius 1 is 1.10 bits per heavy atom. The minimum absolute atomic E-state index is 0.852. The van der Waals surface area contributed by atoms with Crippen LogP contribution in [0.1, 0.15) is 44.1 Å². The molecule has 0 saturated heterocycles. The van der Waals surface area contributed by atoms with Crippen molar-refractivity contribution in [3.05, 3.63) is 35.3 Å². The zero-order chi connectivity index (χ0) is 21.1. The molecule has 3 heterocycles. The van der Waals surface area contributed by atoms with Crippen molar-refractivity contribution in [3.63, 3.8) is 0 Å². The van der Waals surface area contributed by atoms with E-state index in [0.717, 1.165) is 64.9 Å². The molecular formula is C22H31N7. The van der Waals surface area contributed by atoms with Crippen molar-refractivity contribution in [2.24, 2.45) is 5.10 Å². The van der Waals surface area contributed by atoms with Gasteiger partial charge in [-0.2, -0.15) is 14.7 Å². The van der Waals surface area contributed by atoms with Gasteiger partial charge in [-0.15, -0.1) is 0 Å². The molecule has 0 unspecified atom stereocenters.